The Labute approximate surface area is 117 Å². The van der Waals surface area contributed by atoms with E-state index in [4.69, 9.17) is 0 Å². The Morgan fingerprint density at radius 2 is 2.15 bits per heavy atom. The fraction of sp³-hybridized carbons (Fsp3) is 0.462. The second-order valence-corrected chi connectivity index (χ2v) is 7.20. The largest absolute Gasteiger partial charge is 0.392 e. The molecule has 2 aliphatic heterocycles. The van der Waals surface area contributed by atoms with Crippen LogP contribution in [-0.4, -0.2) is 42.9 Å². The first-order valence-electron chi connectivity index (χ1n) is 6.52. The van der Waals surface area contributed by atoms with Gasteiger partial charge in [0, 0.05) is 18.8 Å². The van der Waals surface area contributed by atoms with E-state index in [1.54, 1.807) is 19.1 Å². The molecule has 7 heteroatoms. The zero-order chi connectivity index (χ0) is 14.5. The van der Waals surface area contributed by atoms with Crippen LogP contribution in [-0.2, 0) is 14.8 Å². The average molecular weight is 296 g/mol. The Morgan fingerprint density at radius 1 is 1.40 bits per heavy atom. The Hall–Kier alpha value is -1.44. The van der Waals surface area contributed by atoms with Gasteiger partial charge in [-0.05, 0) is 37.1 Å². The third kappa shape index (κ3) is 2.02. The molecule has 0 saturated carbocycles. The average Bonchev–Trinajstić information content (AvgIpc) is 2.95. The van der Waals surface area contributed by atoms with Gasteiger partial charge in [0.15, 0.2) is 0 Å². The number of hydrogen-bond donors (Lipinski definition) is 2. The summed E-state index contributed by atoms with van der Waals surface area (Å²) in [5.41, 5.74) is 1.37. The number of amides is 1. The van der Waals surface area contributed by atoms with Crippen LogP contribution < -0.4 is 5.32 Å². The van der Waals surface area contributed by atoms with Crippen molar-refractivity contribution in [2.45, 2.75) is 30.3 Å². The van der Waals surface area contributed by atoms with Crippen LogP contribution >= 0.6 is 0 Å². The van der Waals surface area contributed by atoms with E-state index >= 15 is 0 Å². The molecule has 1 unspecified atom stereocenters. The van der Waals surface area contributed by atoms with Crippen LogP contribution in [0.4, 0.5) is 5.69 Å². The number of nitrogens with zero attached hydrogens (tertiary/aromatic N) is 1. The third-order valence-corrected chi connectivity index (χ3v) is 5.77. The molecule has 0 aliphatic carbocycles. The van der Waals surface area contributed by atoms with Crippen molar-refractivity contribution in [2.24, 2.45) is 0 Å². The van der Waals surface area contributed by atoms with Gasteiger partial charge in [0.05, 0.1) is 16.9 Å². The molecule has 1 fully saturated rings. The molecule has 3 rings (SSSR count). The lowest BCUT2D eigenvalue weighted by Gasteiger charge is -2.16. The van der Waals surface area contributed by atoms with Crippen molar-refractivity contribution < 1.29 is 18.3 Å². The summed E-state index contributed by atoms with van der Waals surface area (Å²) in [5.74, 6) is -0.463. The summed E-state index contributed by atoms with van der Waals surface area (Å²) in [6.07, 6.45) is -0.137. The molecular weight excluding hydrogens is 280 g/mol. The summed E-state index contributed by atoms with van der Waals surface area (Å²) in [5, 5.41) is 12.2. The molecule has 0 bridgehead atoms. The summed E-state index contributed by atoms with van der Waals surface area (Å²) in [4.78, 5) is 11.8. The molecule has 0 radical (unpaired) electrons. The van der Waals surface area contributed by atoms with Crippen molar-refractivity contribution in [1.82, 2.24) is 4.31 Å². The van der Waals surface area contributed by atoms with Gasteiger partial charge in [-0.25, -0.2) is 8.42 Å². The fourth-order valence-electron chi connectivity index (χ4n) is 2.63. The number of hydrogen-bond acceptors (Lipinski definition) is 4. The van der Waals surface area contributed by atoms with Gasteiger partial charge in [-0.1, -0.05) is 0 Å². The third-order valence-electron chi connectivity index (χ3n) is 3.90. The highest BCUT2D eigenvalue weighted by Gasteiger charge is 2.34. The predicted octanol–water partition coefficient (Wildman–Crippen LogP) is 0.497. The molecule has 2 aliphatic rings. The number of nitrogens with one attached hydrogen (secondary N) is 1. The normalized spacial score (nSPS) is 26.6. The van der Waals surface area contributed by atoms with Gasteiger partial charge in [-0.2, -0.15) is 4.31 Å². The van der Waals surface area contributed by atoms with Crippen molar-refractivity contribution in [1.29, 1.82) is 0 Å². The number of benzene rings is 1. The summed E-state index contributed by atoms with van der Waals surface area (Å²) in [7, 11) is -3.60. The number of rotatable bonds is 2. The van der Waals surface area contributed by atoms with Crippen LogP contribution in [0.2, 0.25) is 0 Å². The van der Waals surface area contributed by atoms with E-state index in [9.17, 15) is 18.3 Å². The number of fused-ring (bicyclic) bond motifs is 1. The van der Waals surface area contributed by atoms with Gasteiger partial charge in [-0.3, -0.25) is 4.79 Å². The summed E-state index contributed by atoms with van der Waals surface area (Å²) >= 11 is 0. The predicted molar refractivity (Wildman–Crippen MR) is 72.9 cm³/mol. The molecule has 2 heterocycles. The van der Waals surface area contributed by atoms with Crippen LogP contribution in [0.15, 0.2) is 23.1 Å². The molecule has 1 aromatic rings. The Morgan fingerprint density at radius 3 is 2.80 bits per heavy atom. The van der Waals surface area contributed by atoms with Crippen molar-refractivity contribution in [3.05, 3.63) is 23.8 Å². The first kappa shape index (κ1) is 13.5. The van der Waals surface area contributed by atoms with Gasteiger partial charge in [0.25, 0.3) is 0 Å². The maximum absolute atomic E-state index is 12.5. The van der Waals surface area contributed by atoms with Gasteiger partial charge in [0.1, 0.15) is 0 Å². The van der Waals surface area contributed by atoms with Gasteiger partial charge in [0.2, 0.25) is 15.9 Å². The number of carbonyl (C=O) groups is 1. The Balaban J connectivity index is 1.98. The zero-order valence-corrected chi connectivity index (χ0v) is 11.9. The minimum absolute atomic E-state index is 0.119. The van der Waals surface area contributed by atoms with Crippen LogP contribution in [0, 0.1) is 0 Å². The monoisotopic (exact) mass is 296 g/mol. The van der Waals surface area contributed by atoms with Crippen LogP contribution in [0.1, 0.15) is 24.8 Å². The standard InChI is InChI=1S/C13H16N2O4S/c1-8-11-6-10(2-3-12(11)14-13(8)17)20(18,19)15-5-4-9(16)7-15/h2-3,6,8-9,16H,4-5,7H2,1H3,(H,14,17)/t8?,9-/m0/s1. The van der Waals surface area contributed by atoms with Gasteiger partial charge >= 0.3 is 0 Å². The number of β-amino-alcohol motifs (C(OH)–C–C–N with tert-alkyl or cyclic N) is 1. The highest BCUT2D eigenvalue weighted by Crippen LogP contribution is 2.34. The van der Waals surface area contributed by atoms with Gasteiger partial charge < -0.3 is 10.4 Å². The highest BCUT2D eigenvalue weighted by molar-refractivity contribution is 7.89. The molecule has 0 spiro atoms. The quantitative estimate of drug-likeness (QED) is 0.832. The Kier molecular flexibility index (Phi) is 3.07. The summed E-state index contributed by atoms with van der Waals surface area (Å²) < 4.78 is 26.2. The molecular formula is C13H16N2O4S. The molecule has 2 N–H and O–H groups in total. The maximum atomic E-state index is 12.5. The van der Waals surface area contributed by atoms with E-state index in [2.05, 4.69) is 5.32 Å². The highest BCUT2D eigenvalue weighted by atomic mass is 32.2. The lowest BCUT2D eigenvalue weighted by molar-refractivity contribution is -0.116. The topological polar surface area (TPSA) is 86.7 Å². The summed E-state index contributed by atoms with van der Waals surface area (Å²) in [6.45, 7) is 2.21. The van der Waals surface area contributed by atoms with Crippen LogP contribution in [0.25, 0.3) is 0 Å². The van der Waals surface area contributed by atoms with Crippen LogP contribution in [0.3, 0.4) is 0 Å². The van der Waals surface area contributed by atoms with E-state index in [1.165, 1.54) is 10.4 Å². The molecule has 2 atom stereocenters. The Bertz CT molecular complexity index is 671. The van der Waals surface area contributed by atoms with E-state index in [0.717, 1.165) is 0 Å². The first-order valence-corrected chi connectivity index (χ1v) is 7.96. The number of aliphatic hydroxyl groups excluding tert-OH is 1. The zero-order valence-electron chi connectivity index (χ0n) is 11.0. The molecule has 1 amide bonds. The lowest BCUT2D eigenvalue weighted by Crippen LogP contribution is -2.29. The second-order valence-electron chi connectivity index (χ2n) is 5.27. The maximum Gasteiger partial charge on any atom is 0.243 e. The second kappa shape index (κ2) is 4.54. The van der Waals surface area contributed by atoms with E-state index < -0.39 is 16.1 Å². The van der Waals surface area contributed by atoms with E-state index in [1.807, 2.05) is 0 Å². The van der Waals surface area contributed by atoms with Crippen molar-refractivity contribution in [2.75, 3.05) is 18.4 Å². The minimum Gasteiger partial charge on any atom is -0.392 e. The smallest absolute Gasteiger partial charge is 0.243 e. The molecule has 20 heavy (non-hydrogen) atoms. The molecule has 108 valence electrons. The van der Waals surface area contributed by atoms with Crippen molar-refractivity contribution in [3.63, 3.8) is 0 Å². The summed E-state index contributed by atoms with van der Waals surface area (Å²) in [6, 6.07) is 4.67. The van der Waals surface area contributed by atoms with E-state index in [0.29, 0.717) is 24.2 Å². The molecule has 6 nitrogen and oxygen atoms in total. The number of anilines is 1. The molecule has 1 saturated heterocycles. The minimum atomic E-state index is -3.60. The van der Waals surface area contributed by atoms with Gasteiger partial charge in [-0.15, -0.1) is 0 Å². The SMILES string of the molecule is CC1C(=O)Nc2ccc(S(=O)(=O)N3CC[C@H](O)C3)cc21. The van der Waals surface area contributed by atoms with E-state index in [-0.39, 0.29) is 23.3 Å². The molecule has 0 aromatic heterocycles. The number of carbonyl (C=O) groups excluding carboxylic acids is 1. The van der Waals surface area contributed by atoms with Crippen molar-refractivity contribution in [3.8, 4) is 0 Å². The first-order chi connectivity index (χ1) is 9.39. The number of sulfonamides is 1. The molecule has 1 aromatic carbocycles. The lowest BCUT2D eigenvalue weighted by atomic mass is 10.0. The van der Waals surface area contributed by atoms with Crippen LogP contribution in [0.5, 0.6) is 0 Å². The van der Waals surface area contributed by atoms with Crippen molar-refractivity contribution >= 4 is 21.6 Å². The number of aliphatic hydroxyl groups is 1. The fourth-order valence-corrected chi connectivity index (χ4v) is 4.16.